The van der Waals surface area contributed by atoms with Crippen LogP contribution in [0.25, 0.3) is 0 Å². The monoisotopic (exact) mass is 244 g/mol. The molecule has 1 fully saturated rings. The lowest BCUT2D eigenvalue weighted by atomic mass is 10.0. The third-order valence-corrected chi connectivity index (χ3v) is 2.52. The average molecular weight is 244 g/mol. The minimum atomic E-state index is -0.829. The fourth-order valence-corrected chi connectivity index (χ4v) is 1.75. The van der Waals surface area contributed by atoms with Crippen molar-refractivity contribution in [1.82, 2.24) is 0 Å². The Bertz CT molecular complexity index is 292. The first-order valence-corrected chi connectivity index (χ1v) is 5.84. The molecule has 17 heavy (non-hydrogen) atoms. The average Bonchev–Trinajstić information content (AvgIpc) is 2.60. The van der Waals surface area contributed by atoms with Gasteiger partial charge in [-0.05, 0) is 33.6 Å². The van der Waals surface area contributed by atoms with Crippen LogP contribution >= 0.6 is 0 Å². The molecule has 0 bridgehead atoms. The lowest BCUT2D eigenvalue weighted by Crippen LogP contribution is -2.24. The van der Waals surface area contributed by atoms with E-state index < -0.39 is 17.5 Å². The molecule has 0 aromatic heterocycles. The van der Waals surface area contributed by atoms with E-state index in [1.807, 2.05) is 20.8 Å². The summed E-state index contributed by atoms with van der Waals surface area (Å²) in [4.78, 5) is 22.1. The summed E-state index contributed by atoms with van der Waals surface area (Å²) >= 11 is 0. The van der Waals surface area contributed by atoms with Gasteiger partial charge in [-0.15, -0.1) is 0 Å². The number of hydrogen-bond donors (Lipinski definition) is 1. The zero-order valence-electron chi connectivity index (χ0n) is 10.6. The summed E-state index contributed by atoms with van der Waals surface area (Å²) in [5, 5.41) is 8.79. The van der Waals surface area contributed by atoms with Crippen LogP contribution in [-0.4, -0.2) is 35.4 Å². The molecule has 1 heterocycles. The first kappa shape index (κ1) is 14.0. The van der Waals surface area contributed by atoms with E-state index in [4.69, 9.17) is 14.6 Å². The van der Waals surface area contributed by atoms with Crippen molar-refractivity contribution in [2.24, 2.45) is 5.92 Å². The van der Waals surface area contributed by atoms with Crippen molar-refractivity contribution in [3.63, 3.8) is 0 Å². The van der Waals surface area contributed by atoms with Crippen molar-refractivity contribution in [1.29, 1.82) is 0 Å². The zero-order valence-corrected chi connectivity index (χ0v) is 10.6. The highest BCUT2D eigenvalue weighted by atomic mass is 16.6. The molecule has 1 aliphatic rings. The van der Waals surface area contributed by atoms with Crippen molar-refractivity contribution in [2.45, 2.75) is 51.7 Å². The summed E-state index contributed by atoms with van der Waals surface area (Å²) in [7, 11) is 0. The van der Waals surface area contributed by atoms with Gasteiger partial charge in [-0.2, -0.15) is 0 Å². The number of carbonyl (C=O) groups excluding carboxylic acids is 1. The molecule has 1 aliphatic heterocycles. The van der Waals surface area contributed by atoms with Crippen LogP contribution in [0, 0.1) is 5.92 Å². The van der Waals surface area contributed by atoms with Crippen LogP contribution in [0.2, 0.25) is 0 Å². The number of aliphatic carboxylic acids is 1. The lowest BCUT2D eigenvalue weighted by Gasteiger charge is -2.20. The number of hydrogen-bond acceptors (Lipinski definition) is 4. The molecule has 1 N–H and O–H groups in total. The molecule has 0 saturated carbocycles. The number of carboxylic acids is 1. The van der Waals surface area contributed by atoms with Crippen LogP contribution in [-0.2, 0) is 19.1 Å². The summed E-state index contributed by atoms with van der Waals surface area (Å²) in [6, 6.07) is 0. The Hall–Kier alpha value is -1.10. The SMILES string of the molecule is CC(C)(C)OC(=O)CC[C@H]1C[C@H](C(=O)O)CO1. The maximum Gasteiger partial charge on any atom is 0.308 e. The second kappa shape index (κ2) is 5.49. The van der Waals surface area contributed by atoms with Crippen molar-refractivity contribution in [3.05, 3.63) is 0 Å². The quantitative estimate of drug-likeness (QED) is 0.760. The summed E-state index contributed by atoms with van der Waals surface area (Å²) in [6.07, 6.45) is 1.15. The van der Waals surface area contributed by atoms with E-state index in [0.29, 0.717) is 12.8 Å². The number of carboxylic acid groups (broad SMARTS) is 1. The standard InChI is InChI=1S/C12H20O5/c1-12(2,3)17-10(13)5-4-9-6-8(7-16-9)11(14)15/h8-9H,4-7H2,1-3H3,(H,14,15)/t8-,9-/m0/s1. The van der Waals surface area contributed by atoms with Crippen LogP contribution in [0.1, 0.15) is 40.0 Å². The van der Waals surface area contributed by atoms with Crippen molar-refractivity contribution >= 4 is 11.9 Å². The van der Waals surface area contributed by atoms with Gasteiger partial charge in [-0.1, -0.05) is 0 Å². The Morgan fingerprint density at radius 1 is 1.41 bits per heavy atom. The van der Waals surface area contributed by atoms with E-state index in [-0.39, 0.29) is 25.1 Å². The molecule has 5 heteroatoms. The lowest BCUT2D eigenvalue weighted by molar-refractivity contribution is -0.155. The van der Waals surface area contributed by atoms with E-state index in [0.717, 1.165) is 0 Å². The van der Waals surface area contributed by atoms with Gasteiger partial charge in [0.25, 0.3) is 0 Å². The molecule has 98 valence electrons. The number of rotatable bonds is 4. The van der Waals surface area contributed by atoms with Gasteiger partial charge < -0.3 is 14.6 Å². The molecule has 1 saturated heterocycles. The molecule has 0 radical (unpaired) electrons. The van der Waals surface area contributed by atoms with Gasteiger partial charge in [0, 0.05) is 6.42 Å². The maximum absolute atomic E-state index is 11.4. The topological polar surface area (TPSA) is 72.8 Å². The van der Waals surface area contributed by atoms with Crippen LogP contribution < -0.4 is 0 Å². The van der Waals surface area contributed by atoms with Gasteiger partial charge in [-0.25, -0.2) is 0 Å². The Labute approximate surface area is 101 Å². The molecule has 5 nitrogen and oxygen atoms in total. The van der Waals surface area contributed by atoms with Crippen molar-refractivity contribution in [3.8, 4) is 0 Å². The number of esters is 1. The maximum atomic E-state index is 11.4. The second-order valence-electron chi connectivity index (χ2n) is 5.35. The zero-order chi connectivity index (χ0) is 13.1. The molecule has 2 atom stereocenters. The molecule has 0 unspecified atom stereocenters. The largest absolute Gasteiger partial charge is 0.481 e. The van der Waals surface area contributed by atoms with Gasteiger partial charge in [-0.3, -0.25) is 9.59 Å². The predicted octanol–water partition coefficient (Wildman–Crippen LogP) is 1.60. The Morgan fingerprint density at radius 2 is 2.06 bits per heavy atom. The Kier molecular flexibility index (Phi) is 4.51. The number of carbonyl (C=O) groups is 2. The smallest absolute Gasteiger partial charge is 0.308 e. The van der Waals surface area contributed by atoms with Gasteiger partial charge >= 0.3 is 11.9 Å². The summed E-state index contributed by atoms with van der Waals surface area (Å²) < 4.78 is 10.5. The number of ether oxygens (including phenoxy) is 2. The van der Waals surface area contributed by atoms with Gasteiger partial charge in [0.15, 0.2) is 0 Å². The van der Waals surface area contributed by atoms with Gasteiger partial charge in [0.05, 0.1) is 18.6 Å². The first-order valence-electron chi connectivity index (χ1n) is 5.84. The van der Waals surface area contributed by atoms with E-state index in [9.17, 15) is 9.59 Å². The molecule has 0 amide bonds. The molecular weight excluding hydrogens is 224 g/mol. The summed E-state index contributed by atoms with van der Waals surface area (Å²) in [6.45, 7) is 5.70. The van der Waals surface area contributed by atoms with Crippen LogP contribution in [0.5, 0.6) is 0 Å². The van der Waals surface area contributed by atoms with Gasteiger partial charge in [0.2, 0.25) is 0 Å². The van der Waals surface area contributed by atoms with Crippen molar-refractivity contribution < 1.29 is 24.2 Å². The predicted molar refractivity (Wildman–Crippen MR) is 60.6 cm³/mol. The third kappa shape index (κ3) is 5.17. The molecule has 0 aromatic carbocycles. The second-order valence-corrected chi connectivity index (χ2v) is 5.35. The first-order chi connectivity index (χ1) is 7.78. The Balaban J connectivity index is 2.24. The third-order valence-electron chi connectivity index (χ3n) is 2.52. The minimum Gasteiger partial charge on any atom is -0.481 e. The molecular formula is C12H20O5. The van der Waals surface area contributed by atoms with Crippen LogP contribution in [0.3, 0.4) is 0 Å². The summed E-state index contributed by atoms with van der Waals surface area (Å²) in [5.74, 6) is -1.52. The van der Waals surface area contributed by atoms with Crippen LogP contribution in [0.4, 0.5) is 0 Å². The normalized spacial score (nSPS) is 24.6. The highest BCUT2D eigenvalue weighted by Gasteiger charge is 2.31. The Morgan fingerprint density at radius 3 is 2.53 bits per heavy atom. The molecule has 0 aliphatic carbocycles. The summed E-state index contributed by atoms with van der Waals surface area (Å²) in [5.41, 5.74) is -0.475. The highest BCUT2D eigenvalue weighted by molar-refractivity contribution is 5.71. The fourth-order valence-electron chi connectivity index (χ4n) is 1.75. The van der Waals surface area contributed by atoms with E-state index in [1.54, 1.807) is 0 Å². The highest BCUT2D eigenvalue weighted by Crippen LogP contribution is 2.23. The van der Waals surface area contributed by atoms with Crippen molar-refractivity contribution in [2.75, 3.05) is 6.61 Å². The van der Waals surface area contributed by atoms with E-state index in [2.05, 4.69) is 0 Å². The fraction of sp³-hybridized carbons (Fsp3) is 0.833. The molecule has 0 spiro atoms. The van der Waals surface area contributed by atoms with E-state index in [1.165, 1.54) is 0 Å². The molecule has 1 rings (SSSR count). The van der Waals surface area contributed by atoms with E-state index >= 15 is 0 Å². The van der Waals surface area contributed by atoms with Gasteiger partial charge in [0.1, 0.15) is 5.60 Å². The van der Waals surface area contributed by atoms with Crippen LogP contribution in [0.15, 0.2) is 0 Å². The minimum absolute atomic E-state index is 0.136. The molecule has 0 aromatic rings.